The van der Waals surface area contributed by atoms with E-state index in [4.69, 9.17) is 11.6 Å². The van der Waals surface area contributed by atoms with Gasteiger partial charge in [0.15, 0.2) is 15.7 Å². The van der Waals surface area contributed by atoms with E-state index in [-0.39, 0.29) is 15.5 Å². The Balaban J connectivity index is 1.89. The molecule has 3 rings (SSSR count). The number of sulfone groups is 1. The molecule has 1 atom stereocenters. The Hall–Kier alpha value is -2.85. The van der Waals surface area contributed by atoms with Crippen molar-refractivity contribution in [3.05, 3.63) is 59.3 Å². The molecule has 0 aliphatic heterocycles. The molecule has 3 aromatic rings. The Labute approximate surface area is 160 Å². The lowest BCUT2D eigenvalue weighted by Gasteiger charge is -2.16. The van der Waals surface area contributed by atoms with Gasteiger partial charge < -0.3 is 5.32 Å². The molecule has 0 fully saturated rings. The normalized spacial score (nSPS) is 12.6. The molecule has 27 heavy (non-hydrogen) atoms. The minimum atomic E-state index is -3.50. The molecular formula is C16H15ClN6O3S. The van der Waals surface area contributed by atoms with Crippen molar-refractivity contribution in [3.63, 3.8) is 0 Å². The minimum absolute atomic E-state index is 0.0336. The first-order valence-corrected chi connectivity index (χ1v) is 10.0. The van der Waals surface area contributed by atoms with Crippen LogP contribution in [0.4, 0.5) is 0 Å². The van der Waals surface area contributed by atoms with Crippen molar-refractivity contribution in [1.29, 1.82) is 0 Å². The number of aromatic nitrogens is 5. The van der Waals surface area contributed by atoms with Gasteiger partial charge >= 0.3 is 0 Å². The van der Waals surface area contributed by atoms with Crippen molar-refractivity contribution in [3.8, 4) is 5.82 Å². The second kappa shape index (κ2) is 7.41. The first-order valence-electron chi connectivity index (χ1n) is 7.75. The van der Waals surface area contributed by atoms with Crippen LogP contribution in [0.3, 0.4) is 0 Å². The summed E-state index contributed by atoms with van der Waals surface area (Å²) < 4.78 is 23.5. The summed E-state index contributed by atoms with van der Waals surface area (Å²) in [5.74, 6) is -0.127. The van der Waals surface area contributed by atoms with Gasteiger partial charge in [-0.3, -0.25) is 9.78 Å². The van der Waals surface area contributed by atoms with Gasteiger partial charge in [-0.15, -0.1) is 4.80 Å². The van der Waals surface area contributed by atoms with Crippen LogP contribution in [0.15, 0.2) is 47.9 Å². The van der Waals surface area contributed by atoms with Crippen LogP contribution in [0.2, 0.25) is 5.02 Å². The predicted octanol–water partition coefficient (Wildman–Crippen LogP) is 1.61. The molecule has 0 bridgehead atoms. The number of carbonyl (C=O) groups is 1. The maximum absolute atomic E-state index is 12.6. The molecule has 1 unspecified atom stereocenters. The second-order valence-electron chi connectivity index (χ2n) is 5.73. The molecule has 1 N–H and O–H groups in total. The summed E-state index contributed by atoms with van der Waals surface area (Å²) in [6.45, 7) is 1.72. The maximum atomic E-state index is 12.6. The third kappa shape index (κ3) is 4.29. The Morgan fingerprint density at radius 2 is 1.78 bits per heavy atom. The largest absolute Gasteiger partial charge is 0.344 e. The topological polar surface area (TPSA) is 120 Å². The SMILES string of the molecule is CC(NC(=O)c1cc(Cl)cc(S(C)(=O)=O)c1)c1nccnc1-n1nccn1. The number of nitrogens with one attached hydrogen (secondary N) is 1. The molecule has 11 heteroatoms. The summed E-state index contributed by atoms with van der Waals surface area (Å²) in [5.41, 5.74) is 0.574. The van der Waals surface area contributed by atoms with E-state index < -0.39 is 21.8 Å². The van der Waals surface area contributed by atoms with Crippen molar-refractivity contribution in [2.24, 2.45) is 0 Å². The maximum Gasteiger partial charge on any atom is 0.251 e. The quantitative estimate of drug-likeness (QED) is 0.683. The summed E-state index contributed by atoms with van der Waals surface area (Å²) in [5, 5.41) is 11.0. The van der Waals surface area contributed by atoms with Crippen molar-refractivity contribution < 1.29 is 13.2 Å². The van der Waals surface area contributed by atoms with Gasteiger partial charge in [0, 0.05) is 29.2 Å². The molecular weight excluding hydrogens is 392 g/mol. The van der Waals surface area contributed by atoms with Gasteiger partial charge in [-0.1, -0.05) is 11.6 Å². The zero-order valence-electron chi connectivity index (χ0n) is 14.4. The first kappa shape index (κ1) is 18.9. The number of hydrogen-bond acceptors (Lipinski definition) is 7. The molecule has 1 amide bonds. The zero-order chi connectivity index (χ0) is 19.6. The number of benzene rings is 1. The molecule has 9 nitrogen and oxygen atoms in total. The summed E-state index contributed by atoms with van der Waals surface area (Å²) in [7, 11) is -3.50. The van der Waals surface area contributed by atoms with Crippen LogP contribution in [0.5, 0.6) is 0 Å². The van der Waals surface area contributed by atoms with Crippen LogP contribution in [0.1, 0.15) is 29.0 Å². The third-order valence-electron chi connectivity index (χ3n) is 3.63. The molecule has 0 saturated carbocycles. The average molecular weight is 407 g/mol. The van der Waals surface area contributed by atoms with Crippen LogP contribution < -0.4 is 5.32 Å². The number of carbonyl (C=O) groups excluding carboxylic acids is 1. The lowest BCUT2D eigenvalue weighted by Crippen LogP contribution is -2.28. The smallest absolute Gasteiger partial charge is 0.251 e. The van der Waals surface area contributed by atoms with Gasteiger partial charge in [0.25, 0.3) is 5.91 Å². The molecule has 1 aromatic carbocycles. The van der Waals surface area contributed by atoms with Gasteiger partial charge in [0.1, 0.15) is 5.69 Å². The molecule has 140 valence electrons. The van der Waals surface area contributed by atoms with E-state index in [1.807, 2.05) is 0 Å². The summed E-state index contributed by atoms with van der Waals surface area (Å²) >= 11 is 5.96. The first-order chi connectivity index (χ1) is 12.8. The zero-order valence-corrected chi connectivity index (χ0v) is 15.9. The highest BCUT2D eigenvalue weighted by atomic mass is 35.5. The average Bonchev–Trinajstić information content (AvgIpc) is 3.15. The number of hydrogen-bond donors (Lipinski definition) is 1. The highest BCUT2D eigenvalue weighted by Crippen LogP contribution is 2.21. The lowest BCUT2D eigenvalue weighted by molar-refractivity contribution is 0.0939. The summed E-state index contributed by atoms with van der Waals surface area (Å²) in [6, 6.07) is 3.41. The van der Waals surface area contributed by atoms with Crippen molar-refractivity contribution in [2.75, 3.05) is 6.26 Å². The molecule has 2 aromatic heterocycles. The van der Waals surface area contributed by atoms with Crippen molar-refractivity contribution in [1.82, 2.24) is 30.3 Å². The van der Waals surface area contributed by atoms with Gasteiger partial charge in [0.2, 0.25) is 0 Å². The minimum Gasteiger partial charge on any atom is -0.344 e. The second-order valence-corrected chi connectivity index (χ2v) is 8.18. The van der Waals surface area contributed by atoms with E-state index in [2.05, 4.69) is 25.5 Å². The van der Waals surface area contributed by atoms with Gasteiger partial charge in [-0.05, 0) is 25.1 Å². The van der Waals surface area contributed by atoms with Gasteiger partial charge in [-0.2, -0.15) is 10.2 Å². The van der Waals surface area contributed by atoms with Crippen LogP contribution in [0, 0.1) is 0 Å². The lowest BCUT2D eigenvalue weighted by atomic mass is 10.1. The molecule has 0 radical (unpaired) electrons. The van der Waals surface area contributed by atoms with E-state index in [1.165, 1.54) is 47.8 Å². The summed E-state index contributed by atoms with van der Waals surface area (Å²) in [4.78, 5) is 22.3. The van der Waals surface area contributed by atoms with E-state index >= 15 is 0 Å². The van der Waals surface area contributed by atoms with Crippen molar-refractivity contribution in [2.45, 2.75) is 17.9 Å². The van der Waals surface area contributed by atoms with Gasteiger partial charge in [0.05, 0.1) is 23.3 Å². The highest BCUT2D eigenvalue weighted by Gasteiger charge is 2.20. The van der Waals surface area contributed by atoms with E-state index in [0.29, 0.717) is 11.5 Å². The van der Waals surface area contributed by atoms with Crippen LogP contribution in [0.25, 0.3) is 5.82 Å². The van der Waals surface area contributed by atoms with Crippen LogP contribution in [-0.4, -0.2) is 45.5 Å². The van der Waals surface area contributed by atoms with E-state index in [1.54, 1.807) is 6.92 Å². The number of rotatable bonds is 5. The Morgan fingerprint density at radius 3 is 2.44 bits per heavy atom. The number of nitrogens with zero attached hydrogens (tertiary/aromatic N) is 5. The highest BCUT2D eigenvalue weighted by molar-refractivity contribution is 7.90. The van der Waals surface area contributed by atoms with Gasteiger partial charge in [-0.25, -0.2) is 13.4 Å². The summed E-state index contributed by atoms with van der Waals surface area (Å²) in [6.07, 6.45) is 7.03. The van der Waals surface area contributed by atoms with E-state index in [0.717, 1.165) is 6.26 Å². The predicted molar refractivity (Wildman–Crippen MR) is 97.4 cm³/mol. The third-order valence-corrected chi connectivity index (χ3v) is 4.94. The molecule has 2 heterocycles. The molecule has 0 saturated heterocycles. The Bertz CT molecular complexity index is 1090. The fourth-order valence-electron chi connectivity index (χ4n) is 2.38. The fraction of sp³-hybridized carbons (Fsp3) is 0.188. The number of amides is 1. The van der Waals surface area contributed by atoms with E-state index in [9.17, 15) is 13.2 Å². The standard InChI is InChI=1S/C16H15ClN6O3S/c1-10(14-15(19-4-3-18-14)23-20-5-6-21-23)22-16(24)11-7-12(17)9-13(8-11)27(2,25)26/h3-10H,1-2H3,(H,22,24). The Morgan fingerprint density at radius 1 is 1.11 bits per heavy atom. The van der Waals surface area contributed by atoms with Crippen molar-refractivity contribution >= 4 is 27.3 Å². The fourth-order valence-corrected chi connectivity index (χ4v) is 3.36. The molecule has 0 aliphatic rings. The molecule has 0 aliphatic carbocycles. The Kier molecular flexibility index (Phi) is 5.19. The monoisotopic (exact) mass is 406 g/mol. The van der Waals surface area contributed by atoms with Crippen LogP contribution >= 0.6 is 11.6 Å². The van der Waals surface area contributed by atoms with Crippen LogP contribution in [-0.2, 0) is 9.84 Å². The molecule has 0 spiro atoms. The number of halogens is 1.